The van der Waals surface area contributed by atoms with Gasteiger partial charge in [0.05, 0.1) is 12.3 Å². The Labute approximate surface area is 73.6 Å². The van der Waals surface area contributed by atoms with Crippen LogP contribution in [0.2, 0.25) is 0 Å². The molecule has 0 unspecified atom stereocenters. The molecular weight excluding hydrogens is 150 g/mol. The van der Waals surface area contributed by atoms with Crippen LogP contribution < -0.4 is 4.74 Å². The Balaban J connectivity index is 3.02. The van der Waals surface area contributed by atoms with E-state index in [0.717, 1.165) is 17.9 Å². The van der Waals surface area contributed by atoms with Gasteiger partial charge in [-0.1, -0.05) is 6.92 Å². The minimum Gasteiger partial charge on any atom is -0.492 e. The minimum absolute atomic E-state index is 0.708. The van der Waals surface area contributed by atoms with Gasteiger partial charge in [-0.2, -0.15) is 0 Å². The fraction of sp³-hybridized carbons (Fsp3) is 0.500. The molecule has 1 aromatic rings. The lowest BCUT2D eigenvalue weighted by Crippen LogP contribution is -1.99. The molecule has 0 aliphatic carbocycles. The number of nitrogens with zero attached hydrogens (tertiary/aromatic N) is 1. The van der Waals surface area contributed by atoms with E-state index in [2.05, 4.69) is 11.9 Å². The highest BCUT2D eigenvalue weighted by molar-refractivity contribution is 5.36. The molecule has 0 atom stereocenters. The van der Waals surface area contributed by atoms with Crippen molar-refractivity contribution in [3.63, 3.8) is 0 Å². The lowest BCUT2D eigenvalue weighted by Gasteiger charge is -2.09. The SMILES string of the molecule is CCOc1c(CC)ccnc1C. The Bertz CT molecular complexity index is 258. The first-order valence-corrected chi connectivity index (χ1v) is 4.36. The number of pyridine rings is 1. The second-order valence-electron chi connectivity index (χ2n) is 2.67. The van der Waals surface area contributed by atoms with Crippen LogP contribution in [0.4, 0.5) is 0 Å². The van der Waals surface area contributed by atoms with Gasteiger partial charge >= 0.3 is 0 Å². The molecule has 0 spiro atoms. The number of aryl methyl sites for hydroxylation is 2. The van der Waals surface area contributed by atoms with E-state index in [4.69, 9.17) is 4.74 Å². The van der Waals surface area contributed by atoms with Crippen LogP contribution in [0.25, 0.3) is 0 Å². The maximum absolute atomic E-state index is 5.50. The van der Waals surface area contributed by atoms with Crippen LogP contribution in [-0.4, -0.2) is 11.6 Å². The van der Waals surface area contributed by atoms with Crippen molar-refractivity contribution >= 4 is 0 Å². The van der Waals surface area contributed by atoms with Crippen molar-refractivity contribution in [1.82, 2.24) is 4.98 Å². The summed E-state index contributed by atoms with van der Waals surface area (Å²) in [5.41, 5.74) is 2.22. The highest BCUT2D eigenvalue weighted by Gasteiger charge is 2.04. The number of ether oxygens (including phenoxy) is 1. The van der Waals surface area contributed by atoms with Crippen molar-refractivity contribution in [3.05, 3.63) is 23.5 Å². The third kappa shape index (κ3) is 1.76. The molecule has 0 radical (unpaired) electrons. The normalized spacial score (nSPS) is 9.92. The summed E-state index contributed by atoms with van der Waals surface area (Å²) in [5.74, 6) is 0.961. The quantitative estimate of drug-likeness (QED) is 0.686. The van der Waals surface area contributed by atoms with Crippen molar-refractivity contribution in [3.8, 4) is 5.75 Å². The average Bonchev–Trinajstić information content (AvgIpc) is 2.09. The molecule has 0 N–H and O–H groups in total. The molecule has 0 saturated heterocycles. The van der Waals surface area contributed by atoms with Gasteiger partial charge in [0.15, 0.2) is 0 Å². The van der Waals surface area contributed by atoms with Gasteiger partial charge in [0, 0.05) is 6.20 Å². The van der Waals surface area contributed by atoms with E-state index in [-0.39, 0.29) is 0 Å². The van der Waals surface area contributed by atoms with Gasteiger partial charge in [-0.25, -0.2) is 0 Å². The first kappa shape index (κ1) is 9.04. The molecule has 0 amide bonds. The van der Waals surface area contributed by atoms with Crippen molar-refractivity contribution in [2.75, 3.05) is 6.61 Å². The van der Waals surface area contributed by atoms with Gasteiger partial charge in [0.2, 0.25) is 0 Å². The second kappa shape index (κ2) is 4.10. The lowest BCUT2D eigenvalue weighted by atomic mass is 10.1. The molecule has 0 saturated carbocycles. The van der Waals surface area contributed by atoms with Crippen LogP contribution in [0.15, 0.2) is 12.3 Å². The Morgan fingerprint density at radius 1 is 1.42 bits per heavy atom. The molecule has 0 aliphatic rings. The number of aromatic nitrogens is 1. The maximum Gasteiger partial charge on any atom is 0.143 e. The summed E-state index contributed by atoms with van der Waals surface area (Å²) >= 11 is 0. The third-order valence-corrected chi connectivity index (χ3v) is 1.83. The molecule has 0 bridgehead atoms. The van der Waals surface area contributed by atoms with E-state index >= 15 is 0 Å². The molecule has 0 fully saturated rings. The minimum atomic E-state index is 0.708. The predicted octanol–water partition coefficient (Wildman–Crippen LogP) is 2.35. The van der Waals surface area contributed by atoms with Gasteiger partial charge in [-0.05, 0) is 31.9 Å². The summed E-state index contributed by atoms with van der Waals surface area (Å²) in [6.45, 7) is 6.80. The van der Waals surface area contributed by atoms with Crippen LogP contribution in [0, 0.1) is 6.92 Å². The predicted molar refractivity (Wildman–Crippen MR) is 49.5 cm³/mol. The largest absolute Gasteiger partial charge is 0.492 e. The Morgan fingerprint density at radius 3 is 2.75 bits per heavy atom. The zero-order valence-electron chi connectivity index (χ0n) is 7.92. The van der Waals surface area contributed by atoms with Gasteiger partial charge < -0.3 is 4.74 Å². The van der Waals surface area contributed by atoms with E-state index in [1.54, 1.807) is 0 Å². The van der Waals surface area contributed by atoms with Crippen molar-refractivity contribution in [2.45, 2.75) is 27.2 Å². The van der Waals surface area contributed by atoms with Crippen LogP contribution >= 0.6 is 0 Å². The number of rotatable bonds is 3. The average molecular weight is 165 g/mol. The third-order valence-electron chi connectivity index (χ3n) is 1.83. The molecule has 2 nitrogen and oxygen atoms in total. The van der Waals surface area contributed by atoms with E-state index in [1.807, 2.05) is 26.1 Å². The monoisotopic (exact) mass is 165 g/mol. The van der Waals surface area contributed by atoms with Gasteiger partial charge in [-0.3, -0.25) is 4.98 Å². The highest BCUT2D eigenvalue weighted by Crippen LogP contribution is 2.21. The van der Waals surface area contributed by atoms with Gasteiger partial charge in [-0.15, -0.1) is 0 Å². The number of hydrogen-bond donors (Lipinski definition) is 0. The summed E-state index contributed by atoms with van der Waals surface area (Å²) in [7, 11) is 0. The summed E-state index contributed by atoms with van der Waals surface area (Å²) in [6, 6.07) is 2.01. The first-order chi connectivity index (χ1) is 5.79. The van der Waals surface area contributed by atoms with Crippen LogP contribution in [0.5, 0.6) is 5.75 Å². The first-order valence-electron chi connectivity index (χ1n) is 4.36. The molecule has 2 heteroatoms. The van der Waals surface area contributed by atoms with Crippen molar-refractivity contribution < 1.29 is 4.74 Å². The van der Waals surface area contributed by atoms with Crippen LogP contribution in [0.3, 0.4) is 0 Å². The van der Waals surface area contributed by atoms with E-state index in [0.29, 0.717) is 6.61 Å². The summed E-state index contributed by atoms with van der Waals surface area (Å²) in [6.07, 6.45) is 2.83. The van der Waals surface area contributed by atoms with E-state index < -0.39 is 0 Å². The molecule has 1 heterocycles. The molecule has 12 heavy (non-hydrogen) atoms. The van der Waals surface area contributed by atoms with E-state index in [1.165, 1.54) is 5.56 Å². The molecule has 1 aromatic heterocycles. The topological polar surface area (TPSA) is 22.1 Å². The molecule has 0 aromatic carbocycles. The standard InChI is InChI=1S/C10H15NO/c1-4-9-6-7-11-8(3)10(9)12-5-2/h6-7H,4-5H2,1-3H3. The zero-order valence-corrected chi connectivity index (χ0v) is 7.92. The summed E-state index contributed by atoms with van der Waals surface area (Å²) in [4.78, 5) is 4.18. The Morgan fingerprint density at radius 2 is 2.17 bits per heavy atom. The van der Waals surface area contributed by atoms with E-state index in [9.17, 15) is 0 Å². The van der Waals surface area contributed by atoms with Gasteiger partial charge in [0.25, 0.3) is 0 Å². The van der Waals surface area contributed by atoms with Gasteiger partial charge in [0.1, 0.15) is 5.75 Å². The van der Waals surface area contributed by atoms with Crippen LogP contribution in [0.1, 0.15) is 25.1 Å². The molecule has 1 rings (SSSR count). The Hall–Kier alpha value is -1.05. The smallest absolute Gasteiger partial charge is 0.143 e. The Kier molecular flexibility index (Phi) is 3.09. The fourth-order valence-corrected chi connectivity index (χ4v) is 1.23. The summed E-state index contributed by atoms with van der Waals surface area (Å²) < 4.78 is 5.50. The molecule has 0 aliphatic heterocycles. The zero-order chi connectivity index (χ0) is 8.97. The number of hydrogen-bond acceptors (Lipinski definition) is 2. The summed E-state index contributed by atoms with van der Waals surface area (Å²) in [5, 5.41) is 0. The lowest BCUT2D eigenvalue weighted by molar-refractivity contribution is 0.332. The van der Waals surface area contributed by atoms with Crippen LogP contribution in [-0.2, 0) is 6.42 Å². The second-order valence-corrected chi connectivity index (χ2v) is 2.67. The highest BCUT2D eigenvalue weighted by atomic mass is 16.5. The fourth-order valence-electron chi connectivity index (χ4n) is 1.23. The maximum atomic E-state index is 5.50. The van der Waals surface area contributed by atoms with Crippen molar-refractivity contribution in [2.24, 2.45) is 0 Å². The molecule has 66 valence electrons. The molecular formula is C10H15NO. The van der Waals surface area contributed by atoms with Crippen molar-refractivity contribution in [1.29, 1.82) is 0 Å².